The minimum Gasteiger partial charge on any atom is -0.247 e. The maximum absolute atomic E-state index is 2.43. The highest BCUT2D eigenvalue weighted by atomic mass is 127. The Morgan fingerprint density at radius 1 is 1.67 bits per heavy atom. The minimum atomic E-state index is 0.982. The average molecular weight is 239 g/mol. The summed E-state index contributed by atoms with van der Waals surface area (Å²) in [7, 11) is 0. The van der Waals surface area contributed by atoms with E-state index < -0.39 is 0 Å². The molecular formula is C7H14IN. The van der Waals surface area contributed by atoms with Gasteiger partial charge in [-0.3, -0.25) is 0 Å². The van der Waals surface area contributed by atoms with Crippen LogP contribution >= 0.6 is 22.9 Å². The number of halogens is 1. The molecule has 1 fully saturated rings. The Bertz CT molecular complexity index is 85.0. The van der Waals surface area contributed by atoms with Crippen molar-refractivity contribution in [3.05, 3.63) is 0 Å². The first-order chi connectivity index (χ1) is 4.33. The van der Waals surface area contributed by atoms with Gasteiger partial charge >= 0.3 is 0 Å². The third-order valence-electron chi connectivity index (χ3n) is 2.05. The van der Waals surface area contributed by atoms with Crippen LogP contribution in [0.3, 0.4) is 0 Å². The largest absolute Gasteiger partial charge is 0.247 e. The van der Waals surface area contributed by atoms with Gasteiger partial charge in [0.1, 0.15) is 0 Å². The fourth-order valence-electron chi connectivity index (χ4n) is 1.35. The van der Waals surface area contributed by atoms with Gasteiger partial charge in [-0.05, 0) is 18.8 Å². The van der Waals surface area contributed by atoms with Crippen LogP contribution in [0.15, 0.2) is 0 Å². The summed E-state index contributed by atoms with van der Waals surface area (Å²) >= 11 is 2.43. The zero-order valence-corrected chi connectivity index (χ0v) is 8.10. The predicted octanol–water partition coefficient (Wildman–Crippen LogP) is 2.46. The van der Waals surface area contributed by atoms with Crippen molar-refractivity contribution in [1.82, 2.24) is 3.11 Å². The molecule has 0 aromatic heterocycles. The van der Waals surface area contributed by atoms with Gasteiger partial charge in [0.25, 0.3) is 0 Å². The van der Waals surface area contributed by atoms with Gasteiger partial charge in [0, 0.05) is 36.0 Å². The SMILES string of the molecule is CC[C@@H]1CCCN(I)C1. The quantitative estimate of drug-likeness (QED) is 0.501. The van der Waals surface area contributed by atoms with E-state index in [-0.39, 0.29) is 0 Å². The van der Waals surface area contributed by atoms with Crippen LogP contribution in [0.1, 0.15) is 26.2 Å². The molecule has 2 heteroatoms. The Morgan fingerprint density at radius 3 is 2.89 bits per heavy atom. The second-order valence-corrected chi connectivity index (χ2v) is 4.15. The molecular weight excluding hydrogens is 225 g/mol. The molecule has 9 heavy (non-hydrogen) atoms. The lowest BCUT2D eigenvalue weighted by Gasteiger charge is -2.26. The maximum atomic E-state index is 2.43. The van der Waals surface area contributed by atoms with Crippen LogP contribution in [0.2, 0.25) is 0 Å². The van der Waals surface area contributed by atoms with E-state index in [1.54, 1.807) is 0 Å². The first-order valence-corrected chi connectivity index (χ1v) is 4.70. The molecule has 0 unspecified atom stereocenters. The van der Waals surface area contributed by atoms with Crippen LogP contribution in [-0.4, -0.2) is 16.2 Å². The Kier molecular flexibility index (Phi) is 3.26. The summed E-state index contributed by atoms with van der Waals surface area (Å²) in [4.78, 5) is 0. The van der Waals surface area contributed by atoms with Crippen molar-refractivity contribution < 1.29 is 0 Å². The summed E-state index contributed by atoms with van der Waals surface area (Å²) in [6, 6.07) is 0. The number of piperidine rings is 1. The van der Waals surface area contributed by atoms with E-state index in [0.29, 0.717) is 0 Å². The van der Waals surface area contributed by atoms with Gasteiger partial charge in [0.2, 0.25) is 0 Å². The molecule has 0 amide bonds. The fraction of sp³-hybridized carbons (Fsp3) is 1.00. The van der Waals surface area contributed by atoms with Gasteiger partial charge in [-0.1, -0.05) is 13.3 Å². The molecule has 1 rings (SSSR count). The molecule has 0 saturated carbocycles. The van der Waals surface area contributed by atoms with E-state index in [1.807, 2.05) is 0 Å². The lowest BCUT2D eigenvalue weighted by atomic mass is 9.97. The molecule has 1 heterocycles. The van der Waals surface area contributed by atoms with Crippen molar-refractivity contribution in [2.45, 2.75) is 26.2 Å². The van der Waals surface area contributed by atoms with Gasteiger partial charge in [-0.25, -0.2) is 3.11 Å². The summed E-state index contributed by atoms with van der Waals surface area (Å²) in [5, 5.41) is 0. The topological polar surface area (TPSA) is 3.24 Å². The van der Waals surface area contributed by atoms with Gasteiger partial charge in [0.05, 0.1) is 0 Å². The second-order valence-electron chi connectivity index (χ2n) is 2.79. The van der Waals surface area contributed by atoms with E-state index >= 15 is 0 Å². The summed E-state index contributed by atoms with van der Waals surface area (Å²) in [5.74, 6) is 0.982. The molecule has 1 aliphatic heterocycles. The van der Waals surface area contributed by atoms with E-state index in [0.717, 1.165) is 5.92 Å². The lowest BCUT2D eigenvalue weighted by molar-refractivity contribution is 0.297. The highest BCUT2D eigenvalue weighted by molar-refractivity contribution is 14.1. The van der Waals surface area contributed by atoms with Crippen molar-refractivity contribution in [2.75, 3.05) is 13.1 Å². The number of hydrogen-bond donors (Lipinski definition) is 0. The van der Waals surface area contributed by atoms with Crippen molar-refractivity contribution >= 4 is 22.9 Å². The highest BCUT2D eigenvalue weighted by Crippen LogP contribution is 2.20. The van der Waals surface area contributed by atoms with Crippen LogP contribution in [0.5, 0.6) is 0 Å². The molecule has 0 radical (unpaired) electrons. The zero-order chi connectivity index (χ0) is 6.69. The molecule has 1 atom stereocenters. The van der Waals surface area contributed by atoms with Crippen molar-refractivity contribution in [1.29, 1.82) is 0 Å². The molecule has 1 nitrogen and oxygen atoms in total. The molecule has 1 saturated heterocycles. The van der Waals surface area contributed by atoms with Crippen molar-refractivity contribution in [3.8, 4) is 0 Å². The van der Waals surface area contributed by atoms with E-state index in [9.17, 15) is 0 Å². The standard InChI is InChI=1S/C7H14IN/c1-2-7-4-3-5-9(8)6-7/h7H,2-6H2,1H3/t7-/m1/s1. The third-order valence-corrected chi connectivity index (χ3v) is 2.92. The van der Waals surface area contributed by atoms with Gasteiger partial charge in [-0.15, -0.1) is 0 Å². The molecule has 0 aromatic carbocycles. The molecule has 1 aliphatic rings. The van der Waals surface area contributed by atoms with Crippen LogP contribution < -0.4 is 0 Å². The summed E-state index contributed by atoms with van der Waals surface area (Å²) < 4.78 is 2.41. The van der Waals surface area contributed by atoms with Crippen molar-refractivity contribution in [2.24, 2.45) is 5.92 Å². The second kappa shape index (κ2) is 3.76. The minimum absolute atomic E-state index is 0.982. The summed E-state index contributed by atoms with van der Waals surface area (Å²) in [5.41, 5.74) is 0. The summed E-state index contributed by atoms with van der Waals surface area (Å²) in [6.45, 7) is 4.91. The third kappa shape index (κ3) is 2.42. The van der Waals surface area contributed by atoms with E-state index in [1.165, 1.54) is 32.4 Å². The van der Waals surface area contributed by atoms with Gasteiger partial charge in [0.15, 0.2) is 0 Å². The normalized spacial score (nSPS) is 30.7. The van der Waals surface area contributed by atoms with Crippen LogP contribution in [-0.2, 0) is 0 Å². The highest BCUT2D eigenvalue weighted by Gasteiger charge is 2.15. The Labute approximate surface area is 71.3 Å². The molecule has 0 aliphatic carbocycles. The van der Waals surface area contributed by atoms with Crippen LogP contribution in [0.4, 0.5) is 0 Å². The van der Waals surface area contributed by atoms with Gasteiger partial charge in [-0.2, -0.15) is 0 Å². The predicted molar refractivity (Wildman–Crippen MR) is 48.6 cm³/mol. The molecule has 0 spiro atoms. The maximum Gasteiger partial charge on any atom is 0.0201 e. The number of nitrogens with zero attached hydrogens (tertiary/aromatic N) is 1. The molecule has 0 bridgehead atoms. The first kappa shape index (κ1) is 7.79. The average Bonchev–Trinajstić information content (AvgIpc) is 1.88. The fourth-order valence-corrected chi connectivity index (χ4v) is 2.25. The van der Waals surface area contributed by atoms with Crippen LogP contribution in [0, 0.1) is 5.92 Å². The van der Waals surface area contributed by atoms with Crippen molar-refractivity contribution in [3.63, 3.8) is 0 Å². The van der Waals surface area contributed by atoms with E-state index in [4.69, 9.17) is 0 Å². The van der Waals surface area contributed by atoms with E-state index in [2.05, 4.69) is 32.9 Å². The Balaban J connectivity index is 2.23. The number of rotatable bonds is 1. The number of hydrogen-bond acceptors (Lipinski definition) is 1. The first-order valence-electron chi connectivity index (χ1n) is 3.73. The van der Waals surface area contributed by atoms with Crippen LogP contribution in [0.25, 0.3) is 0 Å². The Morgan fingerprint density at radius 2 is 2.44 bits per heavy atom. The Hall–Kier alpha value is 0.690. The zero-order valence-electron chi connectivity index (χ0n) is 5.94. The monoisotopic (exact) mass is 239 g/mol. The lowest BCUT2D eigenvalue weighted by Crippen LogP contribution is -2.27. The smallest absolute Gasteiger partial charge is 0.0201 e. The summed E-state index contributed by atoms with van der Waals surface area (Å²) in [6.07, 6.45) is 4.22. The molecule has 54 valence electrons. The van der Waals surface area contributed by atoms with Gasteiger partial charge < -0.3 is 0 Å². The molecule has 0 aromatic rings. The molecule has 0 N–H and O–H groups in total.